The van der Waals surface area contributed by atoms with E-state index < -0.39 is 34.9 Å². The van der Waals surface area contributed by atoms with Crippen molar-refractivity contribution in [3.63, 3.8) is 0 Å². The molecule has 4 aliphatic heterocycles. The fourth-order valence-corrected chi connectivity index (χ4v) is 13.2. The van der Waals surface area contributed by atoms with Crippen LogP contribution in [-0.2, 0) is 38.8 Å². The number of Topliss-reactive ketones (excluding diaryl/α,β-unsaturated/α-hetero) is 2. The molecule has 85 heavy (non-hydrogen) atoms. The quantitative estimate of drug-likeness (QED) is 0.0338. The standard InChI is InChI=1S/C64H77FN10O10/c1-38(2)68-60(79)47-35-52(50(65)29-40(47)5)70-59-58-53(67-37-73(58)39(3)4)36-51(69-59)41-9-13-49-55(30-41)74(44-32-43(33-44)71-19-7-6-8-20-71)63(82)64(49)16-21-72(22-17-64)57(78)15-23-83-25-27-85-28-26-84-24-18-66-42-10-12-46-48(31-42)62(81)75(61(46)80)54-14-11-45(76)34-56(54)77/h9-10,12-13,29-31,35-39,43-44,54,66H,6-8,11,14-28,32-34H2,1-5H3,(H,68,79)(H,69,70). The minimum Gasteiger partial charge on any atom is -0.383 e. The third kappa shape index (κ3) is 12.1. The fraction of sp³-hybridized carbons (Fsp3) is 0.516. The van der Waals surface area contributed by atoms with Crippen LogP contribution in [0.25, 0.3) is 22.3 Å². The van der Waals surface area contributed by atoms with Gasteiger partial charge in [0.1, 0.15) is 17.1 Å². The molecule has 5 aromatic rings. The molecule has 1 spiro atoms. The van der Waals surface area contributed by atoms with Crippen molar-refractivity contribution in [3.8, 4) is 11.3 Å². The van der Waals surface area contributed by atoms with E-state index in [1.54, 1.807) is 31.5 Å². The first-order chi connectivity index (χ1) is 41.0. The summed E-state index contributed by atoms with van der Waals surface area (Å²) in [4.78, 5) is 110. The van der Waals surface area contributed by atoms with Gasteiger partial charge in [-0.2, -0.15) is 0 Å². The Hall–Kier alpha value is -7.46. The Morgan fingerprint density at radius 3 is 2.22 bits per heavy atom. The van der Waals surface area contributed by atoms with Gasteiger partial charge in [0.15, 0.2) is 11.6 Å². The van der Waals surface area contributed by atoms with Gasteiger partial charge in [0.05, 0.1) is 98.3 Å². The fourth-order valence-electron chi connectivity index (χ4n) is 13.2. The predicted molar refractivity (Wildman–Crippen MR) is 318 cm³/mol. The van der Waals surface area contributed by atoms with Crippen molar-refractivity contribution < 1.29 is 52.2 Å². The molecule has 3 aromatic carbocycles. The summed E-state index contributed by atoms with van der Waals surface area (Å²) in [6.07, 6.45) is 8.43. The number of pyridine rings is 1. The molecule has 1 unspecified atom stereocenters. The summed E-state index contributed by atoms with van der Waals surface area (Å²) in [5, 5.41) is 9.38. The van der Waals surface area contributed by atoms with Crippen LogP contribution in [0.1, 0.15) is 147 Å². The number of carbonyl (C=O) groups excluding carboxylic acids is 7. The van der Waals surface area contributed by atoms with Gasteiger partial charge in [-0.25, -0.2) is 14.4 Å². The lowest BCUT2D eigenvalue weighted by atomic mass is 9.73. The molecule has 20 nitrogen and oxygen atoms in total. The number of rotatable bonds is 22. The second-order valence-corrected chi connectivity index (χ2v) is 24.1. The first kappa shape index (κ1) is 59.3. The maximum Gasteiger partial charge on any atom is 0.262 e. The lowest BCUT2D eigenvalue weighted by molar-refractivity contribution is -0.137. The number of benzene rings is 3. The van der Waals surface area contributed by atoms with Gasteiger partial charge in [0.2, 0.25) is 11.8 Å². The van der Waals surface area contributed by atoms with Crippen molar-refractivity contribution in [2.24, 2.45) is 0 Å². The van der Waals surface area contributed by atoms with Gasteiger partial charge in [-0.3, -0.25) is 38.5 Å². The van der Waals surface area contributed by atoms with E-state index in [9.17, 15) is 28.8 Å². The number of piperidine rings is 2. The smallest absolute Gasteiger partial charge is 0.262 e. The van der Waals surface area contributed by atoms with Gasteiger partial charge in [0, 0.05) is 72.7 Å². The third-order valence-electron chi connectivity index (χ3n) is 17.8. The molecule has 2 aliphatic carbocycles. The number of amides is 5. The molecule has 2 saturated carbocycles. The van der Waals surface area contributed by atoms with Crippen LogP contribution in [0.2, 0.25) is 0 Å². The minimum atomic E-state index is -0.915. The molecule has 2 saturated heterocycles. The highest BCUT2D eigenvalue weighted by atomic mass is 19.1. The SMILES string of the molecule is Cc1cc(F)c(Nc2nc(-c3ccc4c(c3)N(C3CC(N5CCCCC5)C3)C(=O)C43CCN(C(=O)CCOCCOCCOCCNc4ccc5c(c4)C(=O)N(C4CCC(=O)CC4=O)C5=O)CC3)cc3ncn(C(C)C)c23)cc1C(=O)NC(C)C. The first-order valence-corrected chi connectivity index (χ1v) is 30.3. The van der Waals surface area contributed by atoms with Crippen LogP contribution in [-0.4, -0.2) is 167 Å². The molecule has 0 bridgehead atoms. The number of aryl methyl sites for hydroxylation is 1. The molecule has 2 aromatic heterocycles. The molecule has 21 heteroatoms. The summed E-state index contributed by atoms with van der Waals surface area (Å²) < 4.78 is 35.1. The topological polar surface area (TPSA) is 227 Å². The van der Waals surface area contributed by atoms with Crippen LogP contribution in [0.15, 0.2) is 60.9 Å². The number of nitrogens with one attached hydrogen (secondary N) is 3. The number of aromatic nitrogens is 3. The number of halogens is 1. The van der Waals surface area contributed by atoms with Gasteiger partial charge in [0.25, 0.3) is 17.7 Å². The second kappa shape index (κ2) is 25.2. The molecule has 4 fully saturated rings. The number of ether oxygens (including phenoxy) is 3. The summed E-state index contributed by atoms with van der Waals surface area (Å²) in [5.74, 6) is -2.01. The predicted octanol–water partition coefficient (Wildman–Crippen LogP) is 8.07. The van der Waals surface area contributed by atoms with E-state index in [4.69, 9.17) is 24.2 Å². The van der Waals surface area contributed by atoms with Crippen LogP contribution < -0.4 is 20.9 Å². The van der Waals surface area contributed by atoms with E-state index in [1.165, 1.54) is 31.4 Å². The molecular weight excluding hydrogens is 1090 g/mol. The van der Waals surface area contributed by atoms with Crippen LogP contribution in [0.4, 0.5) is 27.3 Å². The van der Waals surface area contributed by atoms with Crippen molar-refractivity contribution in [1.29, 1.82) is 0 Å². The third-order valence-corrected chi connectivity index (χ3v) is 17.8. The Bertz CT molecular complexity index is 3420. The molecule has 450 valence electrons. The van der Waals surface area contributed by atoms with Gasteiger partial charge in [-0.15, -0.1) is 0 Å². The number of fused-ring (bicyclic) bond motifs is 4. The second-order valence-electron chi connectivity index (χ2n) is 24.1. The first-order valence-electron chi connectivity index (χ1n) is 30.3. The molecule has 11 rings (SSSR count). The summed E-state index contributed by atoms with van der Waals surface area (Å²) in [6, 6.07) is 15.3. The number of imide groups is 1. The van der Waals surface area contributed by atoms with Crippen molar-refractivity contribution in [2.75, 3.05) is 87.9 Å². The number of hydrogen-bond acceptors (Lipinski definition) is 15. The Balaban J connectivity index is 0.682. The summed E-state index contributed by atoms with van der Waals surface area (Å²) in [6.45, 7) is 14.9. The molecule has 1 atom stereocenters. The number of nitrogens with zero attached hydrogens (tertiary/aromatic N) is 7. The highest BCUT2D eigenvalue weighted by Crippen LogP contribution is 2.52. The Kier molecular flexibility index (Phi) is 17.6. The van der Waals surface area contributed by atoms with Crippen LogP contribution in [0, 0.1) is 12.7 Å². The van der Waals surface area contributed by atoms with Gasteiger partial charge < -0.3 is 49.4 Å². The zero-order chi connectivity index (χ0) is 59.7. The average molecular weight is 1170 g/mol. The van der Waals surface area contributed by atoms with Crippen molar-refractivity contribution >= 4 is 75.0 Å². The Morgan fingerprint density at radius 1 is 0.788 bits per heavy atom. The molecule has 3 N–H and O–H groups in total. The highest BCUT2D eigenvalue weighted by molar-refractivity contribution is 6.24. The van der Waals surface area contributed by atoms with Crippen molar-refractivity contribution in [1.82, 2.24) is 34.6 Å². The van der Waals surface area contributed by atoms with E-state index in [0.717, 1.165) is 47.6 Å². The van der Waals surface area contributed by atoms with Gasteiger partial charge in [-0.05, 0) is 146 Å². The average Bonchev–Trinajstić information content (AvgIpc) is 1.88. The van der Waals surface area contributed by atoms with E-state index >= 15 is 9.18 Å². The molecule has 6 aliphatic rings. The van der Waals surface area contributed by atoms with Crippen molar-refractivity contribution in [2.45, 2.75) is 141 Å². The van der Waals surface area contributed by atoms with E-state index in [-0.39, 0.29) is 90.7 Å². The number of hydrogen-bond donors (Lipinski definition) is 3. The molecular formula is C64H77FN10O10. The number of carbonyl (C=O) groups is 7. The van der Waals surface area contributed by atoms with Crippen LogP contribution in [0.3, 0.4) is 0 Å². The summed E-state index contributed by atoms with van der Waals surface area (Å²) in [7, 11) is 0. The summed E-state index contributed by atoms with van der Waals surface area (Å²) in [5.41, 5.74) is 5.82. The maximum absolute atomic E-state index is 15.9. The highest BCUT2D eigenvalue weighted by Gasteiger charge is 2.56. The number of imidazole rings is 1. The maximum atomic E-state index is 15.9. The normalized spacial score (nSPS) is 20.5. The van der Waals surface area contributed by atoms with Gasteiger partial charge >= 0.3 is 0 Å². The summed E-state index contributed by atoms with van der Waals surface area (Å²) >= 11 is 0. The lowest BCUT2D eigenvalue weighted by Crippen LogP contribution is -2.58. The van der Waals surface area contributed by atoms with Crippen molar-refractivity contribution in [3.05, 3.63) is 94.6 Å². The Morgan fingerprint density at radius 2 is 1.51 bits per heavy atom. The van der Waals surface area contributed by atoms with E-state index in [0.29, 0.717) is 111 Å². The molecule has 6 heterocycles. The zero-order valence-electron chi connectivity index (χ0n) is 49.3. The van der Waals surface area contributed by atoms with Crippen LogP contribution >= 0.6 is 0 Å². The largest absolute Gasteiger partial charge is 0.383 e. The lowest BCUT2D eigenvalue weighted by Gasteiger charge is -2.48. The zero-order valence-corrected chi connectivity index (χ0v) is 49.3. The Labute approximate surface area is 494 Å². The molecule has 5 amide bonds. The van der Waals surface area contributed by atoms with Gasteiger partial charge in [-0.1, -0.05) is 18.6 Å². The minimum absolute atomic E-state index is 0.00790. The number of likely N-dealkylation sites (tertiary alicyclic amines) is 2. The number of ketones is 2. The van der Waals surface area contributed by atoms with E-state index in [2.05, 4.69) is 37.9 Å². The number of anilines is 4. The van der Waals surface area contributed by atoms with E-state index in [1.807, 2.05) is 49.3 Å². The monoisotopic (exact) mass is 1160 g/mol. The van der Waals surface area contributed by atoms with Crippen LogP contribution in [0.5, 0.6) is 0 Å². The molecule has 0 radical (unpaired) electrons.